The van der Waals surface area contributed by atoms with Gasteiger partial charge in [-0.2, -0.15) is 0 Å². The van der Waals surface area contributed by atoms with Gasteiger partial charge in [-0.1, -0.05) is 12.1 Å². The first-order valence-electron chi connectivity index (χ1n) is 10.8. The first-order valence-corrected chi connectivity index (χ1v) is 10.8. The standard InChI is InChI=1S/C27H21FN4O3/c1-15-5-8-18(28)14-22(15)32-26(34)17-6-9-21-23(13-17)31-25(30-21)20-12-16(7-10-24(20)33)19-4-3-11-29-27(19)35-2/h3-14,33H,1-2H3,(H,30,31)(H,32,34). The second-order valence-corrected chi connectivity index (χ2v) is 8.02. The molecule has 2 heterocycles. The van der Waals surface area contributed by atoms with E-state index in [4.69, 9.17) is 4.74 Å². The Hall–Kier alpha value is -4.72. The van der Waals surface area contributed by atoms with Crippen LogP contribution in [0.2, 0.25) is 0 Å². The van der Waals surface area contributed by atoms with Gasteiger partial charge in [0.1, 0.15) is 17.4 Å². The van der Waals surface area contributed by atoms with Gasteiger partial charge in [-0.15, -0.1) is 0 Å². The Morgan fingerprint density at radius 3 is 2.74 bits per heavy atom. The number of carbonyl (C=O) groups is 1. The third-order valence-electron chi connectivity index (χ3n) is 5.72. The second kappa shape index (κ2) is 8.90. The van der Waals surface area contributed by atoms with Gasteiger partial charge in [0.05, 0.1) is 23.7 Å². The molecule has 0 saturated heterocycles. The molecular weight excluding hydrogens is 447 g/mol. The van der Waals surface area contributed by atoms with E-state index in [1.165, 1.54) is 12.1 Å². The van der Waals surface area contributed by atoms with Gasteiger partial charge in [0.25, 0.3) is 5.91 Å². The molecule has 174 valence electrons. The minimum absolute atomic E-state index is 0.0511. The summed E-state index contributed by atoms with van der Waals surface area (Å²) in [5.74, 6) is 0.164. The van der Waals surface area contributed by atoms with E-state index in [2.05, 4.69) is 20.3 Å². The minimum Gasteiger partial charge on any atom is -0.507 e. The van der Waals surface area contributed by atoms with Crippen molar-refractivity contribution in [2.24, 2.45) is 0 Å². The highest BCUT2D eigenvalue weighted by atomic mass is 19.1. The number of fused-ring (bicyclic) bond motifs is 1. The number of nitrogens with one attached hydrogen (secondary N) is 2. The summed E-state index contributed by atoms with van der Waals surface area (Å²) in [6.45, 7) is 1.79. The fourth-order valence-corrected chi connectivity index (χ4v) is 3.86. The second-order valence-electron chi connectivity index (χ2n) is 8.02. The monoisotopic (exact) mass is 468 g/mol. The Bertz CT molecular complexity index is 1580. The number of imidazole rings is 1. The van der Waals surface area contributed by atoms with E-state index in [9.17, 15) is 14.3 Å². The highest BCUT2D eigenvalue weighted by molar-refractivity contribution is 6.06. The number of rotatable bonds is 5. The van der Waals surface area contributed by atoms with Crippen LogP contribution in [0.25, 0.3) is 33.5 Å². The maximum atomic E-state index is 13.6. The van der Waals surface area contributed by atoms with Crippen LogP contribution in [0, 0.1) is 12.7 Å². The highest BCUT2D eigenvalue weighted by Gasteiger charge is 2.15. The molecule has 35 heavy (non-hydrogen) atoms. The van der Waals surface area contributed by atoms with E-state index in [1.54, 1.807) is 62.7 Å². The average Bonchev–Trinajstić information content (AvgIpc) is 3.29. The lowest BCUT2D eigenvalue weighted by Crippen LogP contribution is -2.12. The number of anilines is 1. The first kappa shape index (κ1) is 22.1. The zero-order valence-corrected chi connectivity index (χ0v) is 19.0. The van der Waals surface area contributed by atoms with Crippen molar-refractivity contribution in [2.75, 3.05) is 12.4 Å². The molecule has 2 aromatic heterocycles. The summed E-state index contributed by atoms with van der Waals surface area (Å²) in [5, 5.41) is 13.3. The molecule has 3 aromatic carbocycles. The molecule has 0 aliphatic heterocycles. The molecule has 7 nitrogen and oxygen atoms in total. The number of H-pyrrole nitrogens is 1. The van der Waals surface area contributed by atoms with Crippen molar-refractivity contribution in [3.63, 3.8) is 0 Å². The van der Waals surface area contributed by atoms with Crippen LogP contribution in [0.3, 0.4) is 0 Å². The average molecular weight is 468 g/mol. The number of carbonyl (C=O) groups excluding carboxylic acids is 1. The molecule has 0 spiro atoms. The van der Waals surface area contributed by atoms with Crippen molar-refractivity contribution in [3.05, 3.63) is 89.9 Å². The van der Waals surface area contributed by atoms with E-state index >= 15 is 0 Å². The quantitative estimate of drug-likeness (QED) is 0.307. The van der Waals surface area contributed by atoms with Gasteiger partial charge in [0, 0.05) is 23.0 Å². The van der Waals surface area contributed by atoms with E-state index in [0.29, 0.717) is 39.6 Å². The lowest BCUT2D eigenvalue weighted by Gasteiger charge is -2.09. The first-order chi connectivity index (χ1) is 16.9. The van der Waals surface area contributed by atoms with Crippen LogP contribution in [0.15, 0.2) is 72.9 Å². The summed E-state index contributed by atoms with van der Waals surface area (Å²) in [6, 6.07) is 18.1. The molecule has 0 radical (unpaired) electrons. The number of benzene rings is 3. The third kappa shape index (κ3) is 4.29. The number of amides is 1. The van der Waals surface area contributed by atoms with Crippen molar-refractivity contribution in [1.29, 1.82) is 0 Å². The van der Waals surface area contributed by atoms with Gasteiger partial charge in [-0.3, -0.25) is 4.79 Å². The zero-order valence-electron chi connectivity index (χ0n) is 19.0. The Labute approximate surface area is 200 Å². The summed E-state index contributed by atoms with van der Waals surface area (Å²) in [4.78, 5) is 24.8. The van der Waals surface area contributed by atoms with Crippen LogP contribution in [0.1, 0.15) is 15.9 Å². The number of methoxy groups -OCH3 is 1. The van der Waals surface area contributed by atoms with Crippen molar-refractivity contribution >= 4 is 22.6 Å². The number of phenols is 1. The number of nitrogens with zero attached hydrogens (tertiary/aromatic N) is 2. The number of aromatic hydroxyl groups is 1. The Balaban J connectivity index is 1.49. The molecule has 0 fully saturated rings. The topological polar surface area (TPSA) is 100 Å². The Morgan fingerprint density at radius 1 is 1.06 bits per heavy atom. The number of aromatic amines is 1. The van der Waals surface area contributed by atoms with Gasteiger partial charge >= 0.3 is 0 Å². The van der Waals surface area contributed by atoms with Crippen LogP contribution < -0.4 is 10.1 Å². The highest BCUT2D eigenvalue weighted by Crippen LogP contribution is 2.35. The maximum Gasteiger partial charge on any atom is 0.255 e. The summed E-state index contributed by atoms with van der Waals surface area (Å²) < 4.78 is 18.9. The van der Waals surface area contributed by atoms with Crippen molar-refractivity contribution in [1.82, 2.24) is 15.0 Å². The number of aromatic nitrogens is 3. The molecule has 0 unspecified atom stereocenters. The summed E-state index contributed by atoms with van der Waals surface area (Å²) in [5.41, 5.74) is 4.85. The molecule has 0 atom stereocenters. The van der Waals surface area contributed by atoms with Crippen LogP contribution in [0.4, 0.5) is 10.1 Å². The molecule has 3 N–H and O–H groups in total. The van der Waals surface area contributed by atoms with Crippen molar-refractivity contribution in [3.8, 4) is 34.1 Å². The molecule has 0 bridgehead atoms. The number of pyridine rings is 1. The normalized spacial score (nSPS) is 10.9. The van der Waals surface area contributed by atoms with E-state index in [-0.39, 0.29) is 11.7 Å². The minimum atomic E-state index is -0.427. The lowest BCUT2D eigenvalue weighted by molar-refractivity contribution is 0.102. The Morgan fingerprint density at radius 2 is 1.91 bits per heavy atom. The van der Waals surface area contributed by atoms with Gasteiger partial charge in [0.15, 0.2) is 0 Å². The molecular formula is C27H21FN4O3. The smallest absolute Gasteiger partial charge is 0.255 e. The SMILES string of the molecule is COc1ncccc1-c1ccc(O)c(-c2nc3cc(C(=O)Nc4cc(F)ccc4C)ccc3[nH]2)c1. The molecule has 8 heteroatoms. The number of aryl methyl sites for hydroxylation is 1. The number of hydrogen-bond donors (Lipinski definition) is 3. The molecule has 0 aliphatic rings. The molecule has 5 aromatic rings. The van der Waals surface area contributed by atoms with Gasteiger partial charge in [-0.25, -0.2) is 14.4 Å². The van der Waals surface area contributed by atoms with E-state index in [0.717, 1.165) is 16.7 Å². The van der Waals surface area contributed by atoms with Gasteiger partial charge in [-0.05, 0) is 72.6 Å². The maximum absolute atomic E-state index is 13.6. The predicted molar refractivity (Wildman–Crippen MR) is 132 cm³/mol. The summed E-state index contributed by atoms with van der Waals surface area (Å²) >= 11 is 0. The fraction of sp³-hybridized carbons (Fsp3) is 0.0741. The lowest BCUT2D eigenvalue weighted by atomic mass is 10.0. The molecule has 0 aliphatic carbocycles. The van der Waals surface area contributed by atoms with Crippen molar-refractivity contribution in [2.45, 2.75) is 6.92 Å². The predicted octanol–water partition coefficient (Wildman–Crippen LogP) is 5.71. The molecule has 0 saturated carbocycles. The molecule has 1 amide bonds. The summed E-state index contributed by atoms with van der Waals surface area (Å²) in [6.07, 6.45) is 1.65. The number of hydrogen-bond acceptors (Lipinski definition) is 5. The number of halogens is 1. The molecule has 5 rings (SSSR count). The number of ether oxygens (including phenoxy) is 1. The van der Waals surface area contributed by atoms with Crippen LogP contribution >= 0.6 is 0 Å². The van der Waals surface area contributed by atoms with Crippen LogP contribution in [-0.2, 0) is 0 Å². The fourth-order valence-electron chi connectivity index (χ4n) is 3.86. The number of phenolic OH excluding ortho intramolecular Hbond substituents is 1. The zero-order chi connectivity index (χ0) is 24.5. The van der Waals surface area contributed by atoms with E-state index < -0.39 is 5.82 Å². The van der Waals surface area contributed by atoms with E-state index in [1.807, 2.05) is 12.1 Å². The van der Waals surface area contributed by atoms with Crippen LogP contribution in [-0.4, -0.2) is 33.1 Å². The van der Waals surface area contributed by atoms with Crippen molar-refractivity contribution < 1.29 is 19.0 Å². The van der Waals surface area contributed by atoms with Gasteiger partial charge < -0.3 is 20.1 Å². The Kier molecular flexibility index (Phi) is 5.62. The van der Waals surface area contributed by atoms with Crippen LogP contribution in [0.5, 0.6) is 11.6 Å². The largest absolute Gasteiger partial charge is 0.507 e. The van der Waals surface area contributed by atoms with Gasteiger partial charge in [0.2, 0.25) is 5.88 Å². The summed E-state index contributed by atoms with van der Waals surface area (Å²) in [7, 11) is 1.55. The third-order valence-corrected chi connectivity index (χ3v) is 5.72.